The molecule has 0 aliphatic heterocycles. The summed E-state index contributed by atoms with van der Waals surface area (Å²) in [7, 11) is -4.14. The second kappa shape index (κ2) is 5.53. The monoisotopic (exact) mass is 342 g/mol. The minimum Gasteiger partial charge on any atom is -0.310 e. The highest BCUT2D eigenvalue weighted by molar-refractivity contribution is 7.91. The van der Waals surface area contributed by atoms with Crippen molar-refractivity contribution in [3.63, 3.8) is 0 Å². The molecule has 1 heterocycles. The van der Waals surface area contributed by atoms with Gasteiger partial charge in [0.2, 0.25) is 0 Å². The number of alkyl halides is 3. The number of sulfonamides is 1. The Morgan fingerprint density at radius 1 is 1.38 bits per heavy atom. The van der Waals surface area contributed by atoms with Crippen LogP contribution in [0.2, 0.25) is 0 Å². The van der Waals surface area contributed by atoms with E-state index in [1.807, 2.05) is 18.6 Å². The van der Waals surface area contributed by atoms with Crippen LogP contribution in [-0.2, 0) is 16.6 Å². The van der Waals surface area contributed by atoms with Crippen molar-refractivity contribution < 1.29 is 21.6 Å². The van der Waals surface area contributed by atoms with E-state index in [0.717, 1.165) is 16.9 Å². The molecule has 1 aromatic heterocycles. The Morgan fingerprint density at radius 3 is 2.48 bits per heavy atom. The standard InChI is InChI=1S/C12H17F3N2O2S2/c1-8(2)16-6-9-5-10(20-7-9)21(18,19)17-11(3-4-11)12(13,14)15/h5,7-8,16-17H,3-4,6H2,1-2H3. The minimum atomic E-state index is -4.56. The second-order valence-corrected chi connectivity index (χ2v) is 8.32. The largest absolute Gasteiger partial charge is 0.407 e. The number of halogens is 3. The van der Waals surface area contributed by atoms with Gasteiger partial charge in [0.05, 0.1) is 0 Å². The van der Waals surface area contributed by atoms with Gasteiger partial charge in [-0.1, -0.05) is 13.8 Å². The minimum absolute atomic E-state index is 0.0846. The van der Waals surface area contributed by atoms with Gasteiger partial charge in [0.15, 0.2) is 0 Å². The quantitative estimate of drug-likeness (QED) is 0.835. The van der Waals surface area contributed by atoms with E-state index in [1.165, 1.54) is 6.07 Å². The van der Waals surface area contributed by atoms with Crippen LogP contribution in [-0.4, -0.2) is 26.2 Å². The topological polar surface area (TPSA) is 58.2 Å². The predicted molar refractivity (Wildman–Crippen MR) is 74.6 cm³/mol. The van der Waals surface area contributed by atoms with Crippen molar-refractivity contribution in [3.8, 4) is 0 Å². The summed E-state index contributed by atoms with van der Waals surface area (Å²) in [5.74, 6) is 0. The van der Waals surface area contributed by atoms with E-state index in [4.69, 9.17) is 0 Å². The molecule has 0 bridgehead atoms. The number of nitrogens with one attached hydrogen (secondary N) is 2. The maximum absolute atomic E-state index is 12.8. The molecule has 0 aromatic carbocycles. The molecule has 2 N–H and O–H groups in total. The van der Waals surface area contributed by atoms with Crippen molar-refractivity contribution in [1.82, 2.24) is 10.0 Å². The molecule has 4 nitrogen and oxygen atoms in total. The van der Waals surface area contributed by atoms with Gasteiger partial charge in [-0.25, -0.2) is 8.42 Å². The summed E-state index contributed by atoms with van der Waals surface area (Å²) < 4.78 is 64.3. The van der Waals surface area contributed by atoms with Crippen LogP contribution in [0.4, 0.5) is 13.2 Å². The summed E-state index contributed by atoms with van der Waals surface area (Å²) in [6.45, 7) is 4.38. The molecule has 1 aliphatic rings. The lowest BCUT2D eigenvalue weighted by atomic mass is 10.3. The molecule has 1 aliphatic carbocycles. The first-order valence-electron chi connectivity index (χ1n) is 6.47. The Kier molecular flexibility index (Phi) is 4.40. The van der Waals surface area contributed by atoms with Crippen LogP contribution >= 0.6 is 11.3 Å². The van der Waals surface area contributed by atoms with Crippen LogP contribution in [0.25, 0.3) is 0 Å². The van der Waals surface area contributed by atoms with Gasteiger partial charge in [-0.15, -0.1) is 11.3 Å². The molecule has 21 heavy (non-hydrogen) atoms. The third-order valence-electron chi connectivity index (χ3n) is 3.23. The highest BCUT2D eigenvalue weighted by Crippen LogP contribution is 2.49. The third-order valence-corrected chi connectivity index (χ3v) is 6.26. The first-order valence-corrected chi connectivity index (χ1v) is 8.83. The van der Waals surface area contributed by atoms with Gasteiger partial charge >= 0.3 is 6.18 Å². The fourth-order valence-electron chi connectivity index (χ4n) is 1.78. The smallest absolute Gasteiger partial charge is 0.310 e. The summed E-state index contributed by atoms with van der Waals surface area (Å²) in [4.78, 5) is 0. The summed E-state index contributed by atoms with van der Waals surface area (Å²) in [6.07, 6.45) is -4.97. The highest BCUT2D eigenvalue weighted by Gasteiger charge is 2.65. The Hall–Kier alpha value is -0.640. The highest BCUT2D eigenvalue weighted by atomic mass is 32.2. The molecule has 2 rings (SSSR count). The molecule has 0 radical (unpaired) electrons. The first kappa shape index (κ1) is 16.7. The van der Waals surface area contributed by atoms with Crippen molar-refractivity contribution in [2.75, 3.05) is 0 Å². The van der Waals surface area contributed by atoms with Crippen LogP contribution in [0.15, 0.2) is 15.7 Å². The number of hydrogen-bond donors (Lipinski definition) is 2. The zero-order valence-corrected chi connectivity index (χ0v) is 13.3. The van der Waals surface area contributed by atoms with Crippen LogP contribution < -0.4 is 10.0 Å². The summed E-state index contributed by atoms with van der Waals surface area (Å²) in [5.41, 5.74) is -1.53. The van der Waals surface area contributed by atoms with Crippen LogP contribution in [0, 0.1) is 0 Å². The predicted octanol–water partition coefficient (Wildman–Crippen LogP) is 2.62. The molecule has 9 heteroatoms. The van der Waals surface area contributed by atoms with E-state index in [9.17, 15) is 21.6 Å². The van der Waals surface area contributed by atoms with Crippen LogP contribution in [0.5, 0.6) is 0 Å². The van der Waals surface area contributed by atoms with Crippen molar-refractivity contribution in [2.45, 2.75) is 55.2 Å². The van der Waals surface area contributed by atoms with Gasteiger partial charge in [0.1, 0.15) is 9.75 Å². The fraction of sp³-hybridized carbons (Fsp3) is 0.667. The van der Waals surface area contributed by atoms with Gasteiger partial charge in [0.25, 0.3) is 10.0 Å². The number of rotatable bonds is 6. The Labute approximate surface area is 125 Å². The molecular formula is C12H17F3N2O2S2. The lowest BCUT2D eigenvalue weighted by molar-refractivity contribution is -0.160. The van der Waals surface area contributed by atoms with Gasteiger partial charge in [-0.3, -0.25) is 0 Å². The molecule has 0 amide bonds. The molecule has 0 saturated heterocycles. The molecule has 120 valence electrons. The molecule has 1 saturated carbocycles. The van der Waals surface area contributed by atoms with Crippen LogP contribution in [0.1, 0.15) is 32.3 Å². The molecule has 0 spiro atoms. The van der Waals surface area contributed by atoms with E-state index in [2.05, 4.69) is 5.32 Å². The van der Waals surface area contributed by atoms with E-state index >= 15 is 0 Å². The third kappa shape index (κ3) is 3.77. The first-order chi connectivity index (χ1) is 9.56. The Balaban J connectivity index is 2.10. The average molecular weight is 342 g/mol. The lowest BCUT2D eigenvalue weighted by Gasteiger charge is -2.19. The van der Waals surface area contributed by atoms with E-state index in [0.29, 0.717) is 6.54 Å². The molecule has 0 unspecified atom stereocenters. The fourth-order valence-corrected chi connectivity index (χ4v) is 4.44. The number of thiophene rings is 1. The SMILES string of the molecule is CC(C)NCc1csc(S(=O)(=O)NC2(C(F)(F)F)CC2)c1. The van der Waals surface area contributed by atoms with Crippen molar-refractivity contribution in [1.29, 1.82) is 0 Å². The summed E-state index contributed by atoms with van der Waals surface area (Å²) in [6, 6.07) is 1.65. The van der Waals surface area contributed by atoms with Gasteiger partial charge in [-0.2, -0.15) is 17.9 Å². The summed E-state index contributed by atoms with van der Waals surface area (Å²) >= 11 is 0.929. The Bertz CT molecular complexity index is 604. The molecule has 1 fully saturated rings. The normalized spacial score (nSPS) is 18.2. The van der Waals surface area contributed by atoms with Crippen molar-refractivity contribution in [2.24, 2.45) is 0 Å². The van der Waals surface area contributed by atoms with Crippen LogP contribution in [0.3, 0.4) is 0 Å². The van der Waals surface area contributed by atoms with Crippen molar-refractivity contribution >= 4 is 21.4 Å². The molecule has 1 aromatic rings. The van der Waals surface area contributed by atoms with E-state index in [1.54, 1.807) is 5.38 Å². The summed E-state index contributed by atoms with van der Waals surface area (Å²) in [5, 5.41) is 4.76. The molecule has 0 atom stereocenters. The zero-order chi connectivity index (χ0) is 15.9. The number of hydrogen-bond acceptors (Lipinski definition) is 4. The van der Waals surface area contributed by atoms with Gasteiger partial charge < -0.3 is 5.32 Å². The van der Waals surface area contributed by atoms with E-state index in [-0.39, 0.29) is 23.1 Å². The Morgan fingerprint density at radius 2 is 2.00 bits per heavy atom. The average Bonchev–Trinajstić information content (AvgIpc) is 2.95. The second-order valence-electron chi connectivity index (χ2n) is 5.49. The van der Waals surface area contributed by atoms with Gasteiger partial charge in [-0.05, 0) is 29.9 Å². The van der Waals surface area contributed by atoms with Crippen molar-refractivity contribution in [3.05, 3.63) is 17.0 Å². The van der Waals surface area contributed by atoms with Gasteiger partial charge in [0, 0.05) is 12.6 Å². The lowest BCUT2D eigenvalue weighted by Crippen LogP contribution is -2.47. The van der Waals surface area contributed by atoms with E-state index < -0.39 is 21.7 Å². The molecular weight excluding hydrogens is 325 g/mol. The maximum atomic E-state index is 12.8. The maximum Gasteiger partial charge on any atom is 0.407 e. The zero-order valence-electron chi connectivity index (χ0n) is 11.6.